The Hall–Kier alpha value is -3.42. The third kappa shape index (κ3) is 3.92. The van der Waals surface area contributed by atoms with Gasteiger partial charge in [0.15, 0.2) is 0 Å². The Morgan fingerprint density at radius 1 is 0.969 bits per heavy atom. The quantitative estimate of drug-likeness (QED) is 0.443. The Morgan fingerprint density at radius 3 is 2.62 bits per heavy atom. The summed E-state index contributed by atoms with van der Waals surface area (Å²) in [5.74, 6) is 0.266. The second-order valence-corrected chi connectivity index (χ2v) is 7.94. The largest absolute Gasteiger partial charge is 0.383 e. The van der Waals surface area contributed by atoms with E-state index >= 15 is 0 Å². The van der Waals surface area contributed by atoms with Crippen LogP contribution in [0.4, 0.5) is 27.5 Å². The summed E-state index contributed by atoms with van der Waals surface area (Å²) in [5.41, 5.74) is 9.67. The monoisotopic (exact) mass is 449 g/mol. The highest BCUT2D eigenvalue weighted by atomic mass is 35.5. The molecule has 3 N–H and O–H groups in total. The van der Waals surface area contributed by atoms with Crippen LogP contribution in [0.15, 0.2) is 60.7 Å². The van der Waals surface area contributed by atoms with Crippen LogP contribution in [0.3, 0.4) is 0 Å². The van der Waals surface area contributed by atoms with Crippen molar-refractivity contribution in [3.05, 3.63) is 71.5 Å². The van der Waals surface area contributed by atoms with Gasteiger partial charge in [0.25, 0.3) is 0 Å². The molecule has 0 amide bonds. The molecule has 0 spiro atoms. The number of hydrogen-bond donors (Lipinski definition) is 2. The summed E-state index contributed by atoms with van der Waals surface area (Å²) in [4.78, 5) is 11.4. The first-order valence-electron chi connectivity index (χ1n) is 10.3. The van der Waals surface area contributed by atoms with Gasteiger partial charge in [-0.2, -0.15) is 4.98 Å². The first-order chi connectivity index (χ1) is 15.6. The minimum atomic E-state index is -0.383. The van der Waals surface area contributed by atoms with E-state index in [0.717, 1.165) is 24.5 Å². The Bertz CT molecular complexity index is 1290. The molecule has 4 aromatic rings. The lowest BCUT2D eigenvalue weighted by atomic mass is 10.0. The van der Waals surface area contributed by atoms with Gasteiger partial charge in [-0.1, -0.05) is 35.9 Å². The third-order valence-corrected chi connectivity index (χ3v) is 5.71. The predicted molar refractivity (Wildman–Crippen MR) is 127 cm³/mol. The van der Waals surface area contributed by atoms with Crippen LogP contribution in [0.25, 0.3) is 22.0 Å². The molecule has 5 rings (SSSR count). The Morgan fingerprint density at radius 2 is 1.78 bits per heavy atom. The van der Waals surface area contributed by atoms with Crippen molar-refractivity contribution in [3.8, 4) is 11.1 Å². The highest BCUT2D eigenvalue weighted by molar-refractivity contribution is 6.31. The number of nitrogens with zero attached hydrogens (tertiary/aromatic N) is 3. The number of nitrogens with one attached hydrogen (secondary N) is 1. The van der Waals surface area contributed by atoms with Gasteiger partial charge < -0.3 is 20.7 Å². The first-order valence-corrected chi connectivity index (χ1v) is 10.7. The fourth-order valence-electron chi connectivity index (χ4n) is 3.93. The number of aromatic nitrogens is 2. The standard InChI is InChI=1S/C24H21ClFN5O/c25-15-8-9-19(26)18(14-15)16-4-3-5-17-22(16)29-24(30-23(17)27)28-20-6-1-2-7-21(20)31-10-12-32-13-11-31/h1-9,14H,10-13H2,(H3,27,28,29,30). The summed E-state index contributed by atoms with van der Waals surface area (Å²) < 4.78 is 20.1. The Balaban J connectivity index is 1.59. The molecule has 1 aromatic heterocycles. The number of benzene rings is 3. The molecule has 8 heteroatoms. The van der Waals surface area contributed by atoms with Gasteiger partial charge in [0.1, 0.15) is 11.6 Å². The van der Waals surface area contributed by atoms with Gasteiger partial charge in [-0.25, -0.2) is 9.37 Å². The van der Waals surface area contributed by atoms with Crippen LogP contribution in [0.2, 0.25) is 5.02 Å². The molecule has 0 unspecified atom stereocenters. The minimum Gasteiger partial charge on any atom is -0.383 e. The molecule has 3 aromatic carbocycles. The molecule has 0 bridgehead atoms. The van der Waals surface area contributed by atoms with Gasteiger partial charge in [-0.15, -0.1) is 0 Å². The Kier molecular flexibility index (Phi) is 5.51. The SMILES string of the molecule is Nc1nc(Nc2ccccc2N2CCOCC2)nc2c(-c3cc(Cl)ccc3F)cccc12. The lowest BCUT2D eigenvalue weighted by Crippen LogP contribution is -2.36. The summed E-state index contributed by atoms with van der Waals surface area (Å²) in [6.45, 7) is 2.97. The number of hydrogen-bond acceptors (Lipinski definition) is 6. The zero-order valence-corrected chi connectivity index (χ0v) is 17.9. The van der Waals surface area contributed by atoms with Gasteiger partial charge in [0.2, 0.25) is 5.95 Å². The van der Waals surface area contributed by atoms with E-state index in [2.05, 4.69) is 15.2 Å². The summed E-state index contributed by atoms with van der Waals surface area (Å²) in [6.07, 6.45) is 0. The average Bonchev–Trinajstić information content (AvgIpc) is 2.81. The summed E-state index contributed by atoms with van der Waals surface area (Å²) in [6, 6.07) is 17.8. The summed E-state index contributed by atoms with van der Waals surface area (Å²) in [7, 11) is 0. The number of anilines is 4. The zero-order valence-electron chi connectivity index (χ0n) is 17.2. The zero-order chi connectivity index (χ0) is 22.1. The van der Waals surface area contributed by atoms with E-state index in [0.29, 0.717) is 52.0 Å². The van der Waals surface area contributed by atoms with Crippen molar-refractivity contribution < 1.29 is 9.13 Å². The predicted octanol–water partition coefficient (Wildman–Crippen LogP) is 5.25. The van der Waals surface area contributed by atoms with Crippen molar-refractivity contribution in [3.63, 3.8) is 0 Å². The molecule has 1 aliphatic heterocycles. The first kappa shape index (κ1) is 20.5. The normalized spacial score (nSPS) is 14.0. The van der Waals surface area contributed by atoms with E-state index in [4.69, 9.17) is 27.1 Å². The molecule has 1 saturated heterocycles. The highest BCUT2D eigenvalue weighted by Crippen LogP contribution is 2.34. The summed E-state index contributed by atoms with van der Waals surface area (Å²) in [5, 5.41) is 4.39. The number of fused-ring (bicyclic) bond motifs is 1. The van der Waals surface area contributed by atoms with E-state index in [1.54, 1.807) is 18.2 Å². The molecule has 1 fully saturated rings. The fourth-order valence-corrected chi connectivity index (χ4v) is 4.10. The number of para-hydroxylation sites is 3. The maximum atomic E-state index is 14.6. The van der Waals surface area contributed by atoms with Crippen LogP contribution in [0.5, 0.6) is 0 Å². The number of nitrogen functional groups attached to an aromatic ring is 1. The number of ether oxygens (including phenoxy) is 1. The van der Waals surface area contributed by atoms with Gasteiger partial charge in [-0.3, -0.25) is 0 Å². The molecule has 1 aliphatic rings. The van der Waals surface area contributed by atoms with Crippen LogP contribution in [-0.2, 0) is 4.74 Å². The van der Waals surface area contributed by atoms with E-state index in [1.807, 2.05) is 30.3 Å². The van der Waals surface area contributed by atoms with E-state index in [1.165, 1.54) is 12.1 Å². The molecule has 0 atom stereocenters. The van der Waals surface area contributed by atoms with Crippen LogP contribution in [-0.4, -0.2) is 36.3 Å². The van der Waals surface area contributed by atoms with Crippen LogP contribution in [0.1, 0.15) is 0 Å². The lowest BCUT2D eigenvalue weighted by molar-refractivity contribution is 0.123. The van der Waals surface area contributed by atoms with Crippen LogP contribution >= 0.6 is 11.6 Å². The van der Waals surface area contributed by atoms with Gasteiger partial charge in [-0.05, 0) is 36.4 Å². The molecule has 0 radical (unpaired) electrons. The number of halogens is 2. The minimum absolute atomic E-state index is 0.311. The molecule has 6 nitrogen and oxygen atoms in total. The van der Waals surface area contributed by atoms with Gasteiger partial charge in [0.05, 0.1) is 30.1 Å². The highest BCUT2D eigenvalue weighted by Gasteiger charge is 2.17. The van der Waals surface area contributed by atoms with E-state index in [-0.39, 0.29) is 5.82 Å². The van der Waals surface area contributed by atoms with E-state index < -0.39 is 0 Å². The van der Waals surface area contributed by atoms with Crippen molar-refractivity contribution in [2.45, 2.75) is 0 Å². The second-order valence-electron chi connectivity index (χ2n) is 7.50. The number of morpholine rings is 1. The molecule has 2 heterocycles. The van der Waals surface area contributed by atoms with Crippen molar-refractivity contribution >= 4 is 45.6 Å². The molecule has 0 aliphatic carbocycles. The molecular formula is C24H21ClFN5O. The van der Waals surface area contributed by atoms with Crippen molar-refractivity contribution in [1.29, 1.82) is 0 Å². The van der Waals surface area contributed by atoms with Crippen LogP contribution < -0.4 is 16.0 Å². The van der Waals surface area contributed by atoms with Gasteiger partial charge >= 0.3 is 0 Å². The maximum Gasteiger partial charge on any atom is 0.229 e. The topological polar surface area (TPSA) is 76.3 Å². The molecule has 32 heavy (non-hydrogen) atoms. The van der Waals surface area contributed by atoms with Crippen molar-refractivity contribution in [1.82, 2.24) is 9.97 Å². The van der Waals surface area contributed by atoms with E-state index in [9.17, 15) is 4.39 Å². The average molecular weight is 450 g/mol. The lowest BCUT2D eigenvalue weighted by Gasteiger charge is -2.30. The molecule has 0 saturated carbocycles. The number of rotatable bonds is 4. The molecule has 162 valence electrons. The third-order valence-electron chi connectivity index (χ3n) is 5.48. The van der Waals surface area contributed by atoms with Gasteiger partial charge in [0, 0.05) is 34.6 Å². The second kappa shape index (κ2) is 8.61. The number of nitrogens with two attached hydrogens (primary N) is 1. The van der Waals surface area contributed by atoms with Crippen LogP contribution in [0, 0.1) is 5.82 Å². The van der Waals surface area contributed by atoms with Crippen molar-refractivity contribution in [2.24, 2.45) is 0 Å². The maximum absolute atomic E-state index is 14.6. The molecular weight excluding hydrogens is 429 g/mol. The fraction of sp³-hybridized carbons (Fsp3) is 0.167. The summed E-state index contributed by atoms with van der Waals surface area (Å²) >= 11 is 6.13. The Labute approximate surface area is 189 Å². The smallest absolute Gasteiger partial charge is 0.229 e. The van der Waals surface area contributed by atoms with Crippen molar-refractivity contribution in [2.75, 3.05) is 42.3 Å².